The number of rotatable bonds is 2. The second-order valence-electron chi connectivity index (χ2n) is 5.81. The topological polar surface area (TPSA) is 88.2 Å². The van der Waals surface area contributed by atoms with Gasteiger partial charge in [-0.05, 0) is 24.7 Å². The van der Waals surface area contributed by atoms with E-state index in [9.17, 15) is 4.79 Å². The monoisotopic (exact) mass is 267 g/mol. The number of carbonyl (C=O) groups is 1. The Morgan fingerprint density at radius 1 is 1.32 bits per heavy atom. The Kier molecular flexibility index (Phi) is 3.35. The minimum Gasteiger partial charge on any atom is -0.409 e. The highest BCUT2D eigenvalue weighted by molar-refractivity contribution is 5.87. The van der Waals surface area contributed by atoms with Crippen molar-refractivity contribution in [3.8, 4) is 0 Å². The summed E-state index contributed by atoms with van der Waals surface area (Å²) in [5.41, 5.74) is 5.56. The Morgan fingerprint density at radius 3 is 2.63 bits per heavy atom. The predicted molar refractivity (Wildman–Crippen MR) is 68.7 cm³/mol. The minimum atomic E-state index is -0.469. The van der Waals surface area contributed by atoms with E-state index in [1.165, 1.54) is 25.7 Å². The minimum absolute atomic E-state index is 0.0470. The van der Waals surface area contributed by atoms with Crippen molar-refractivity contribution in [2.75, 3.05) is 19.7 Å². The molecule has 1 aliphatic heterocycles. The molecule has 6 heteroatoms. The molecule has 6 nitrogen and oxygen atoms in total. The van der Waals surface area contributed by atoms with E-state index in [2.05, 4.69) is 5.16 Å². The van der Waals surface area contributed by atoms with Gasteiger partial charge in [-0.1, -0.05) is 18.0 Å². The largest absolute Gasteiger partial charge is 0.409 e. The lowest BCUT2D eigenvalue weighted by atomic mass is 10.0. The molecule has 3 unspecified atom stereocenters. The first-order chi connectivity index (χ1) is 9.22. The first-order valence-corrected chi connectivity index (χ1v) is 7.10. The van der Waals surface area contributed by atoms with Crippen molar-refractivity contribution >= 4 is 11.7 Å². The van der Waals surface area contributed by atoms with Crippen LogP contribution in [0.2, 0.25) is 0 Å². The van der Waals surface area contributed by atoms with Crippen LogP contribution in [0.1, 0.15) is 25.7 Å². The number of hydrogen-bond donors (Lipinski definition) is 2. The molecule has 3 rings (SSSR count). The normalized spacial score (nSPS) is 38.7. The van der Waals surface area contributed by atoms with Crippen LogP contribution in [-0.2, 0) is 9.53 Å². The molecule has 3 aliphatic rings. The Balaban J connectivity index is 1.61. The molecule has 0 spiro atoms. The van der Waals surface area contributed by atoms with Gasteiger partial charge in [-0.3, -0.25) is 4.79 Å². The van der Waals surface area contributed by atoms with Crippen molar-refractivity contribution in [3.63, 3.8) is 0 Å². The highest BCUT2D eigenvalue weighted by atomic mass is 16.5. The zero-order chi connectivity index (χ0) is 13.4. The fourth-order valence-electron chi connectivity index (χ4n) is 3.66. The van der Waals surface area contributed by atoms with Crippen LogP contribution in [0.25, 0.3) is 0 Å². The fourth-order valence-corrected chi connectivity index (χ4v) is 3.66. The summed E-state index contributed by atoms with van der Waals surface area (Å²) in [6.45, 7) is 1.48. The summed E-state index contributed by atoms with van der Waals surface area (Å²) in [5.74, 6) is 1.76. The highest BCUT2D eigenvalue weighted by Crippen LogP contribution is 2.56. The lowest BCUT2D eigenvalue weighted by molar-refractivity contribution is -0.138. The molecule has 3 N–H and O–H groups in total. The van der Waals surface area contributed by atoms with Gasteiger partial charge in [0.15, 0.2) is 5.84 Å². The maximum Gasteiger partial charge on any atom is 0.226 e. The molecule has 0 aromatic rings. The zero-order valence-corrected chi connectivity index (χ0v) is 11.0. The predicted octanol–water partition coefficient (Wildman–Crippen LogP) is 0.396. The van der Waals surface area contributed by atoms with E-state index in [1.807, 2.05) is 4.90 Å². The van der Waals surface area contributed by atoms with Gasteiger partial charge in [-0.25, -0.2) is 0 Å². The molecule has 0 aromatic heterocycles. The van der Waals surface area contributed by atoms with Crippen LogP contribution in [0, 0.1) is 17.8 Å². The van der Waals surface area contributed by atoms with Gasteiger partial charge in [-0.2, -0.15) is 0 Å². The molecule has 1 saturated heterocycles. The molecule has 106 valence electrons. The average Bonchev–Trinajstić information content (AvgIpc) is 3.20. The maximum atomic E-state index is 12.5. The van der Waals surface area contributed by atoms with E-state index in [4.69, 9.17) is 15.7 Å². The Hall–Kier alpha value is -1.30. The molecule has 2 aliphatic carbocycles. The summed E-state index contributed by atoms with van der Waals surface area (Å²) < 4.78 is 5.42. The molecule has 3 fully saturated rings. The first-order valence-electron chi connectivity index (χ1n) is 7.10. The van der Waals surface area contributed by atoms with Gasteiger partial charge in [0.05, 0.1) is 13.2 Å². The van der Waals surface area contributed by atoms with Gasteiger partial charge in [0.2, 0.25) is 5.91 Å². The van der Waals surface area contributed by atoms with Gasteiger partial charge in [0, 0.05) is 12.5 Å². The number of nitrogens with zero attached hydrogens (tertiary/aromatic N) is 2. The Bertz CT molecular complexity index is 387. The second kappa shape index (κ2) is 5.00. The van der Waals surface area contributed by atoms with Crippen molar-refractivity contribution in [3.05, 3.63) is 0 Å². The van der Waals surface area contributed by atoms with E-state index >= 15 is 0 Å². The average molecular weight is 267 g/mol. The van der Waals surface area contributed by atoms with Gasteiger partial charge in [-0.15, -0.1) is 0 Å². The number of amidine groups is 1. The summed E-state index contributed by atoms with van der Waals surface area (Å²) in [6, 6.07) is 0. The lowest BCUT2D eigenvalue weighted by Crippen LogP contribution is -2.51. The molecule has 0 aromatic carbocycles. The molecule has 1 heterocycles. The van der Waals surface area contributed by atoms with Gasteiger partial charge >= 0.3 is 0 Å². The SMILES string of the molecule is NC(=NO)C1CN(C(=O)C2C3CCCCC32)CCO1. The smallest absolute Gasteiger partial charge is 0.226 e. The summed E-state index contributed by atoms with van der Waals surface area (Å²) in [7, 11) is 0. The molecule has 19 heavy (non-hydrogen) atoms. The van der Waals surface area contributed by atoms with Crippen LogP contribution < -0.4 is 5.73 Å². The van der Waals surface area contributed by atoms with Crippen molar-refractivity contribution in [1.29, 1.82) is 0 Å². The molecule has 0 bridgehead atoms. The third-order valence-corrected chi connectivity index (χ3v) is 4.77. The van der Waals surface area contributed by atoms with Crippen molar-refractivity contribution in [2.24, 2.45) is 28.6 Å². The number of carbonyl (C=O) groups excluding carboxylic acids is 1. The highest BCUT2D eigenvalue weighted by Gasteiger charge is 2.56. The van der Waals surface area contributed by atoms with Gasteiger partial charge < -0.3 is 20.6 Å². The third-order valence-electron chi connectivity index (χ3n) is 4.77. The molecule has 1 amide bonds. The number of oxime groups is 1. The quantitative estimate of drug-likeness (QED) is 0.328. The van der Waals surface area contributed by atoms with E-state index in [0.29, 0.717) is 31.5 Å². The zero-order valence-electron chi connectivity index (χ0n) is 11.0. The number of hydrogen-bond acceptors (Lipinski definition) is 4. The summed E-state index contributed by atoms with van der Waals surface area (Å²) in [4.78, 5) is 14.3. The first kappa shape index (κ1) is 12.7. The lowest BCUT2D eigenvalue weighted by Gasteiger charge is -2.32. The third kappa shape index (κ3) is 2.29. The van der Waals surface area contributed by atoms with E-state index in [1.54, 1.807) is 0 Å². The van der Waals surface area contributed by atoms with Crippen molar-refractivity contribution in [2.45, 2.75) is 31.8 Å². The van der Waals surface area contributed by atoms with Crippen LogP contribution in [0.15, 0.2) is 5.16 Å². The molecule has 3 atom stereocenters. The summed E-state index contributed by atoms with van der Waals surface area (Å²) in [5, 5.41) is 11.7. The fraction of sp³-hybridized carbons (Fsp3) is 0.846. The van der Waals surface area contributed by atoms with Crippen molar-refractivity contribution in [1.82, 2.24) is 4.90 Å². The standard InChI is InChI=1S/C13H21N3O3/c14-12(15-18)10-7-16(5-6-19-10)13(17)11-8-3-1-2-4-9(8)11/h8-11,18H,1-7H2,(H2,14,15). The van der Waals surface area contributed by atoms with Crippen molar-refractivity contribution < 1.29 is 14.7 Å². The van der Waals surface area contributed by atoms with E-state index < -0.39 is 6.10 Å². The van der Waals surface area contributed by atoms with E-state index in [0.717, 1.165) is 0 Å². The molecular formula is C13H21N3O3. The number of morpholine rings is 1. The van der Waals surface area contributed by atoms with Gasteiger partial charge in [0.1, 0.15) is 6.10 Å². The van der Waals surface area contributed by atoms with Crippen LogP contribution >= 0.6 is 0 Å². The number of ether oxygens (including phenoxy) is 1. The summed E-state index contributed by atoms with van der Waals surface area (Å²) >= 11 is 0. The van der Waals surface area contributed by atoms with Crippen LogP contribution in [0.3, 0.4) is 0 Å². The summed E-state index contributed by atoms with van der Waals surface area (Å²) in [6.07, 6.45) is 4.47. The van der Waals surface area contributed by atoms with Crippen LogP contribution in [0.4, 0.5) is 0 Å². The molecule has 0 radical (unpaired) electrons. The number of fused-ring (bicyclic) bond motifs is 1. The Labute approximate surface area is 112 Å². The Morgan fingerprint density at radius 2 is 2.00 bits per heavy atom. The van der Waals surface area contributed by atoms with Gasteiger partial charge in [0.25, 0.3) is 0 Å². The van der Waals surface area contributed by atoms with Crippen LogP contribution in [0.5, 0.6) is 0 Å². The van der Waals surface area contributed by atoms with E-state index in [-0.39, 0.29) is 17.7 Å². The maximum absolute atomic E-state index is 12.5. The number of amides is 1. The second-order valence-corrected chi connectivity index (χ2v) is 5.81. The molecule has 2 saturated carbocycles. The molecular weight excluding hydrogens is 246 g/mol. The van der Waals surface area contributed by atoms with Crippen LogP contribution in [-0.4, -0.2) is 47.7 Å². The number of nitrogens with two attached hydrogens (primary N) is 1.